The second-order valence-corrected chi connectivity index (χ2v) is 5.91. The van der Waals surface area contributed by atoms with Crippen LogP contribution in [0.2, 0.25) is 5.02 Å². The minimum atomic E-state index is 0.573. The van der Waals surface area contributed by atoms with Gasteiger partial charge in [-0.2, -0.15) is 5.10 Å². The summed E-state index contributed by atoms with van der Waals surface area (Å²) in [5, 5.41) is 8.60. The van der Waals surface area contributed by atoms with Gasteiger partial charge in [-0.05, 0) is 43.9 Å². The van der Waals surface area contributed by atoms with Crippen LogP contribution in [0, 0.1) is 0 Å². The smallest absolute Gasteiger partial charge is 0.0821 e. The average Bonchev–Trinajstić information content (AvgIpc) is 2.80. The van der Waals surface area contributed by atoms with Gasteiger partial charge in [-0.25, -0.2) is 0 Å². The summed E-state index contributed by atoms with van der Waals surface area (Å²) in [5.74, 6) is 0. The first-order chi connectivity index (χ1) is 9.67. The number of nitrogens with one attached hydrogen (secondary N) is 1. The fourth-order valence-electron chi connectivity index (χ4n) is 2.84. The van der Waals surface area contributed by atoms with Gasteiger partial charge in [0, 0.05) is 24.7 Å². The highest BCUT2D eigenvalue weighted by Crippen LogP contribution is 2.27. The fraction of sp³-hybridized carbons (Fsp3) is 0.438. The molecule has 1 aliphatic heterocycles. The van der Waals surface area contributed by atoms with E-state index < -0.39 is 0 Å². The third-order valence-corrected chi connectivity index (χ3v) is 4.30. The van der Waals surface area contributed by atoms with Gasteiger partial charge in [0.05, 0.1) is 16.9 Å². The van der Waals surface area contributed by atoms with E-state index in [1.165, 1.54) is 23.2 Å². The third-order valence-electron chi connectivity index (χ3n) is 3.99. The monoisotopic (exact) mass is 289 g/mol. The molecule has 106 valence electrons. The normalized spacial score (nSPS) is 17.6. The summed E-state index contributed by atoms with van der Waals surface area (Å²) in [6.07, 6.45) is 4.93. The molecule has 20 heavy (non-hydrogen) atoms. The highest BCUT2D eigenvalue weighted by atomic mass is 35.5. The molecule has 0 amide bonds. The van der Waals surface area contributed by atoms with Crippen molar-refractivity contribution in [1.82, 2.24) is 9.78 Å². The number of fused-ring (bicyclic) bond motifs is 1. The van der Waals surface area contributed by atoms with E-state index in [-0.39, 0.29) is 0 Å². The van der Waals surface area contributed by atoms with Crippen molar-refractivity contribution in [2.45, 2.75) is 45.7 Å². The van der Waals surface area contributed by atoms with Crippen LogP contribution in [0.15, 0.2) is 24.4 Å². The van der Waals surface area contributed by atoms with Crippen LogP contribution in [0.1, 0.15) is 37.1 Å². The zero-order valence-electron chi connectivity index (χ0n) is 12.0. The summed E-state index contributed by atoms with van der Waals surface area (Å²) in [7, 11) is 0. The second-order valence-electron chi connectivity index (χ2n) is 5.51. The van der Waals surface area contributed by atoms with E-state index in [9.17, 15) is 0 Å². The highest BCUT2D eigenvalue weighted by Gasteiger charge is 2.15. The average molecular weight is 290 g/mol. The maximum atomic E-state index is 6.24. The Morgan fingerprint density at radius 1 is 1.45 bits per heavy atom. The Morgan fingerprint density at radius 3 is 3.10 bits per heavy atom. The number of benzene rings is 1. The van der Waals surface area contributed by atoms with Gasteiger partial charge in [-0.15, -0.1) is 0 Å². The lowest BCUT2D eigenvalue weighted by Crippen LogP contribution is -2.21. The van der Waals surface area contributed by atoms with Crippen LogP contribution in [0.3, 0.4) is 0 Å². The van der Waals surface area contributed by atoms with Crippen LogP contribution >= 0.6 is 11.6 Å². The van der Waals surface area contributed by atoms with Crippen molar-refractivity contribution in [3.8, 4) is 0 Å². The van der Waals surface area contributed by atoms with Gasteiger partial charge in [0.1, 0.15) is 0 Å². The number of nitrogens with zero attached hydrogens (tertiary/aromatic N) is 2. The Labute approximate surface area is 124 Å². The molecule has 1 N–H and O–H groups in total. The molecule has 0 saturated heterocycles. The van der Waals surface area contributed by atoms with Crippen LogP contribution < -0.4 is 5.32 Å². The molecule has 2 aromatic rings. The Morgan fingerprint density at radius 2 is 2.30 bits per heavy atom. The molecule has 0 spiro atoms. The van der Waals surface area contributed by atoms with E-state index in [0.29, 0.717) is 6.04 Å². The van der Waals surface area contributed by atoms with E-state index in [2.05, 4.69) is 42.5 Å². The molecule has 1 aromatic heterocycles. The minimum Gasteiger partial charge on any atom is -0.382 e. The predicted octanol–water partition coefficient (Wildman–Crippen LogP) is 3.89. The van der Waals surface area contributed by atoms with Gasteiger partial charge in [-0.1, -0.05) is 23.7 Å². The Hall–Kier alpha value is -1.48. The van der Waals surface area contributed by atoms with Crippen LogP contribution in [-0.2, 0) is 19.4 Å². The molecule has 4 heteroatoms. The summed E-state index contributed by atoms with van der Waals surface area (Å²) < 4.78 is 1.97. The number of aryl methyl sites for hydroxylation is 2. The summed E-state index contributed by atoms with van der Waals surface area (Å²) >= 11 is 6.24. The van der Waals surface area contributed by atoms with Crippen LogP contribution in [-0.4, -0.2) is 15.8 Å². The van der Waals surface area contributed by atoms with E-state index >= 15 is 0 Å². The topological polar surface area (TPSA) is 29.9 Å². The minimum absolute atomic E-state index is 0.573. The molecule has 3 nitrogen and oxygen atoms in total. The van der Waals surface area contributed by atoms with Crippen LogP contribution in [0.5, 0.6) is 0 Å². The zero-order valence-corrected chi connectivity index (χ0v) is 12.7. The first-order valence-electron chi connectivity index (χ1n) is 7.26. The van der Waals surface area contributed by atoms with E-state index in [1.54, 1.807) is 6.20 Å². The highest BCUT2D eigenvalue weighted by molar-refractivity contribution is 6.31. The van der Waals surface area contributed by atoms with Crippen molar-refractivity contribution in [2.75, 3.05) is 5.32 Å². The molecule has 1 atom stereocenters. The maximum Gasteiger partial charge on any atom is 0.0821 e. The van der Waals surface area contributed by atoms with Crippen molar-refractivity contribution in [2.24, 2.45) is 0 Å². The lowest BCUT2D eigenvalue weighted by Gasteiger charge is -2.24. The Balaban J connectivity index is 1.87. The largest absolute Gasteiger partial charge is 0.382 e. The van der Waals surface area contributed by atoms with Crippen LogP contribution in [0.4, 0.5) is 5.69 Å². The molecule has 0 aliphatic carbocycles. The zero-order chi connectivity index (χ0) is 14.1. The van der Waals surface area contributed by atoms with Crippen LogP contribution in [0.25, 0.3) is 0 Å². The lowest BCUT2D eigenvalue weighted by molar-refractivity contribution is 0.629. The standard InChI is InChI=1S/C16H20ClN3/c1-3-20-16(14(17)10-18-20)9-12-5-7-15-13(8-12)6-4-11(2)19-15/h5,7-8,10-11,19H,3-4,6,9H2,1-2H3. The molecular formula is C16H20ClN3. The lowest BCUT2D eigenvalue weighted by atomic mass is 9.96. The number of hydrogen-bond donors (Lipinski definition) is 1. The second kappa shape index (κ2) is 5.49. The number of aromatic nitrogens is 2. The first-order valence-corrected chi connectivity index (χ1v) is 7.63. The van der Waals surface area contributed by atoms with Crippen molar-refractivity contribution < 1.29 is 0 Å². The molecule has 2 heterocycles. The van der Waals surface area contributed by atoms with E-state index in [4.69, 9.17) is 11.6 Å². The Bertz CT molecular complexity index is 618. The SMILES string of the molecule is CCn1ncc(Cl)c1Cc1ccc2c(c1)CCC(C)N2. The van der Waals surface area contributed by atoms with Crippen molar-refractivity contribution in [1.29, 1.82) is 0 Å². The summed E-state index contributed by atoms with van der Waals surface area (Å²) in [4.78, 5) is 0. The van der Waals surface area contributed by atoms with Gasteiger partial charge in [0.25, 0.3) is 0 Å². The number of anilines is 1. The van der Waals surface area contributed by atoms with Gasteiger partial charge in [0.15, 0.2) is 0 Å². The Kier molecular flexibility index (Phi) is 3.70. The predicted molar refractivity (Wildman–Crippen MR) is 83.6 cm³/mol. The number of rotatable bonds is 3. The summed E-state index contributed by atoms with van der Waals surface area (Å²) in [6.45, 7) is 5.17. The number of halogens is 1. The third kappa shape index (κ3) is 2.55. The van der Waals surface area contributed by atoms with E-state index in [1.807, 2.05) is 4.68 Å². The molecule has 0 saturated carbocycles. The van der Waals surface area contributed by atoms with Crippen molar-refractivity contribution in [3.05, 3.63) is 46.2 Å². The summed E-state index contributed by atoms with van der Waals surface area (Å²) in [6, 6.07) is 7.26. The number of hydrogen-bond acceptors (Lipinski definition) is 2. The van der Waals surface area contributed by atoms with Crippen molar-refractivity contribution >= 4 is 17.3 Å². The van der Waals surface area contributed by atoms with Gasteiger partial charge >= 0.3 is 0 Å². The van der Waals surface area contributed by atoms with E-state index in [0.717, 1.165) is 30.1 Å². The van der Waals surface area contributed by atoms with Gasteiger partial charge < -0.3 is 5.32 Å². The van der Waals surface area contributed by atoms with Gasteiger partial charge in [-0.3, -0.25) is 4.68 Å². The molecular weight excluding hydrogens is 270 g/mol. The molecule has 1 aliphatic rings. The van der Waals surface area contributed by atoms with Crippen molar-refractivity contribution in [3.63, 3.8) is 0 Å². The summed E-state index contributed by atoms with van der Waals surface area (Å²) in [5.41, 5.74) is 5.10. The van der Waals surface area contributed by atoms with Gasteiger partial charge in [0.2, 0.25) is 0 Å². The molecule has 1 unspecified atom stereocenters. The molecule has 0 fully saturated rings. The molecule has 0 bridgehead atoms. The molecule has 1 aromatic carbocycles. The quantitative estimate of drug-likeness (QED) is 0.929. The maximum absolute atomic E-state index is 6.24. The fourth-order valence-corrected chi connectivity index (χ4v) is 3.05. The molecule has 0 radical (unpaired) electrons. The molecule has 3 rings (SSSR count). The first kappa shape index (κ1) is 13.5.